The lowest BCUT2D eigenvalue weighted by Gasteiger charge is -2.19. The van der Waals surface area contributed by atoms with E-state index < -0.39 is 0 Å². The van der Waals surface area contributed by atoms with E-state index in [9.17, 15) is 4.79 Å². The van der Waals surface area contributed by atoms with Gasteiger partial charge in [-0.3, -0.25) is 4.79 Å². The zero-order valence-corrected chi connectivity index (χ0v) is 19.0. The van der Waals surface area contributed by atoms with E-state index in [0.29, 0.717) is 22.0 Å². The molecule has 1 amide bonds. The van der Waals surface area contributed by atoms with Crippen LogP contribution >= 0.6 is 34.7 Å². The van der Waals surface area contributed by atoms with Crippen LogP contribution in [0.5, 0.6) is 0 Å². The molecule has 30 heavy (non-hydrogen) atoms. The number of nitrogens with one attached hydrogen (secondary N) is 1. The number of furan rings is 1. The first-order chi connectivity index (χ1) is 14.4. The van der Waals surface area contributed by atoms with Crippen molar-refractivity contribution in [3.05, 3.63) is 63.8 Å². The molecule has 0 fully saturated rings. The normalized spacial score (nSPS) is 11.1. The molecule has 0 radical (unpaired) electrons. The molecule has 0 saturated heterocycles. The van der Waals surface area contributed by atoms with Gasteiger partial charge in [0.2, 0.25) is 0 Å². The molecule has 2 aromatic heterocycles. The number of nitrogens with zero attached hydrogens (tertiary/aromatic N) is 3. The maximum absolute atomic E-state index is 13.2. The second-order valence-electron chi connectivity index (χ2n) is 6.77. The van der Waals surface area contributed by atoms with Crippen molar-refractivity contribution in [3.63, 3.8) is 0 Å². The summed E-state index contributed by atoms with van der Waals surface area (Å²) in [5.41, 5.74) is 2.86. The van der Waals surface area contributed by atoms with Crippen LogP contribution in [0.1, 0.15) is 21.1 Å². The van der Waals surface area contributed by atoms with Crippen LogP contribution in [0.15, 0.2) is 51.2 Å². The van der Waals surface area contributed by atoms with Gasteiger partial charge < -0.3 is 14.6 Å². The second kappa shape index (κ2) is 8.67. The molecular formula is C21H19ClN4O2S2. The molecule has 0 aliphatic carbocycles. The Balaban J connectivity index is 1.68. The molecule has 0 aliphatic heterocycles. The predicted octanol–water partition coefficient (Wildman–Crippen LogP) is 5.86. The summed E-state index contributed by atoms with van der Waals surface area (Å²) in [6, 6.07) is 13.1. The van der Waals surface area contributed by atoms with E-state index in [1.54, 1.807) is 12.1 Å². The average molecular weight is 459 g/mol. The fraction of sp³-hybridized carbons (Fsp3) is 0.190. The predicted molar refractivity (Wildman–Crippen MR) is 124 cm³/mol. The van der Waals surface area contributed by atoms with Crippen molar-refractivity contribution < 1.29 is 9.21 Å². The molecule has 154 valence electrons. The highest BCUT2D eigenvalue weighted by molar-refractivity contribution is 8.00. The molecule has 4 aromatic rings. The molecule has 9 heteroatoms. The Hall–Kier alpha value is -2.55. The summed E-state index contributed by atoms with van der Waals surface area (Å²) in [6.07, 6.45) is 0. The first kappa shape index (κ1) is 20.7. The van der Waals surface area contributed by atoms with Crippen molar-refractivity contribution >= 4 is 63.0 Å². The maximum atomic E-state index is 13.2. The van der Waals surface area contributed by atoms with Crippen LogP contribution in [-0.2, 0) is 5.75 Å². The number of aromatic nitrogens is 2. The van der Waals surface area contributed by atoms with Gasteiger partial charge in [0.05, 0.1) is 16.4 Å². The van der Waals surface area contributed by atoms with Crippen LogP contribution in [0, 0.1) is 6.92 Å². The number of carbonyl (C=O) groups excluding carboxylic acids is 1. The van der Waals surface area contributed by atoms with Gasteiger partial charge in [-0.25, -0.2) is 0 Å². The molecule has 1 N–H and O–H groups in total. The van der Waals surface area contributed by atoms with E-state index in [2.05, 4.69) is 15.5 Å². The van der Waals surface area contributed by atoms with Gasteiger partial charge in [-0.05, 0) is 25.1 Å². The number of anilines is 2. The smallest absolute Gasteiger partial charge is 0.291 e. The molecule has 0 spiro atoms. The van der Waals surface area contributed by atoms with Gasteiger partial charge in [-0.2, -0.15) is 0 Å². The number of benzene rings is 2. The van der Waals surface area contributed by atoms with E-state index >= 15 is 0 Å². The summed E-state index contributed by atoms with van der Waals surface area (Å²) in [7, 11) is 3.76. The second-order valence-corrected chi connectivity index (χ2v) is 9.58. The number of hydrogen-bond donors (Lipinski definition) is 1. The number of para-hydroxylation sites is 2. The number of halogens is 1. The molecule has 0 saturated carbocycles. The Morgan fingerprint density at radius 2 is 2.00 bits per heavy atom. The summed E-state index contributed by atoms with van der Waals surface area (Å²) in [5.74, 6) is 0.514. The number of hydrogen-bond acceptors (Lipinski definition) is 7. The fourth-order valence-electron chi connectivity index (χ4n) is 3.15. The Bertz CT molecular complexity index is 1220. The summed E-state index contributed by atoms with van der Waals surface area (Å²) in [4.78, 5) is 15.1. The number of carbonyl (C=O) groups is 1. The Morgan fingerprint density at radius 1 is 1.20 bits per heavy atom. The van der Waals surface area contributed by atoms with Crippen LogP contribution in [0.25, 0.3) is 11.0 Å². The van der Waals surface area contributed by atoms with Crippen LogP contribution in [0.2, 0.25) is 5.02 Å². The van der Waals surface area contributed by atoms with Crippen LogP contribution in [0.3, 0.4) is 0 Å². The zero-order valence-electron chi connectivity index (χ0n) is 16.6. The third-order valence-corrected chi connectivity index (χ3v) is 6.74. The number of rotatable bonds is 6. The Kier molecular flexibility index (Phi) is 5.99. The lowest BCUT2D eigenvalue weighted by Crippen LogP contribution is -2.17. The van der Waals surface area contributed by atoms with Crippen molar-refractivity contribution in [1.29, 1.82) is 0 Å². The maximum Gasteiger partial charge on any atom is 0.291 e. The van der Waals surface area contributed by atoms with E-state index in [1.165, 1.54) is 23.1 Å². The lowest BCUT2D eigenvalue weighted by atomic mass is 10.1. The molecule has 2 heterocycles. The van der Waals surface area contributed by atoms with Crippen molar-refractivity contribution in [2.75, 3.05) is 24.3 Å². The molecule has 0 unspecified atom stereocenters. The Morgan fingerprint density at radius 3 is 2.73 bits per heavy atom. The van der Waals surface area contributed by atoms with E-state index in [-0.39, 0.29) is 11.7 Å². The van der Waals surface area contributed by atoms with Crippen molar-refractivity contribution in [2.45, 2.75) is 17.0 Å². The molecule has 2 aromatic carbocycles. The largest absolute Gasteiger partial charge is 0.451 e. The fourth-order valence-corrected chi connectivity index (χ4v) is 5.33. The SMILES string of the molecule is Cc1nnc(SCc2c(C(=O)Nc3cccc(Cl)c3N(C)C)oc3ccccc23)s1. The van der Waals surface area contributed by atoms with Gasteiger partial charge >= 0.3 is 0 Å². The Labute approximate surface area is 187 Å². The van der Waals surface area contributed by atoms with Gasteiger partial charge in [0.1, 0.15) is 10.6 Å². The highest BCUT2D eigenvalue weighted by Crippen LogP contribution is 2.35. The molecule has 4 rings (SSSR count). The minimum Gasteiger partial charge on any atom is -0.451 e. The minimum absolute atomic E-state index is 0.287. The first-order valence-corrected chi connectivity index (χ1v) is 11.3. The summed E-state index contributed by atoms with van der Waals surface area (Å²) < 4.78 is 6.81. The third-order valence-electron chi connectivity index (χ3n) is 4.43. The van der Waals surface area contributed by atoms with E-state index in [0.717, 1.165) is 26.0 Å². The van der Waals surface area contributed by atoms with E-state index in [4.69, 9.17) is 16.0 Å². The van der Waals surface area contributed by atoms with Crippen LogP contribution in [-0.4, -0.2) is 30.2 Å². The number of aryl methyl sites for hydroxylation is 1. The topological polar surface area (TPSA) is 71.3 Å². The highest BCUT2D eigenvalue weighted by atomic mass is 35.5. The first-order valence-electron chi connectivity index (χ1n) is 9.14. The molecular weight excluding hydrogens is 440 g/mol. The molecule has 0 aliphatic rings. The van der Waals surface area contributed by atoms with Crippen molar-refractivity contribution in [1.82, 2.24) is 10.2 Å². The average Bonchev–Trinajstić information content (AvgIpc) is 3.29. The summed E-state index contributed by atoms with van der Waals surface area (Å²) in [5, 5.41) is 13.6. The molecule has 0 bridgehead atoms. The number of thioether (sulfide) groups is 1. The summed E-state index contributed by atoms with van der Waals surface area (Å²) in [6.45, 7) is 1.92. The van der Waals surface area contributed by atoms with Gasteiger partial charge in [0.15, 0.2) is 10.1 Å². The zero-order chi connectivity index (χ0) is 21.3. The van der Waals surface area contributed by atoms with Crippen molar-refractivity contribution in [2.24, 2.45) is 0 Å². The van der Waals surface area contributed by atoms with Crippen LogP contribution in [0.4, 0.5) is 11.4 Å². The quantitative estimate of drug-likeness (QED) is 0.365. The van der Waals surface area contributed by atoms with Gasteiger partial charge in [-0.15, -0.1) is 10.2 Å². The monoisotopic (exact) mass is 458 g/mol. The molecule has 6 nitrogen and oxygen atoms in total. The lowest BCUT2D eigenvalue weighted by molar-refractivity contribution is 0.0998. The molecule has 0 atom stereocenters. The highest BCUT2D eigenvalue weighted by Gasteiger charge is 2.22. The standard InChI is InChI=1S/C21H19ClN4O2S2/c1-12-24-25-21(30-12)29-11-14-13-7-4-5-10-17(13)28-19(14)20(27)23-16-9-6-8-15(22)18(16)26(2)3/h4-10H,11H2,1-3H3,(H,23,27). The van der Waals surface area contributed by atoms with Gasteiger partial charge in [0.25, 0.3) is 5.91 Å². The van der Waals surface area contributed by atoms with Gasteiger partial charge in [-0.1, -0.05) is 59.0 Å². The van der Waals surface area contributed by atoms with Gasteiger partial charge in [0, 0.05) is 30.8 Å². The minimum atomic E-state index is -0.319. The number of fused-ring (bicyclic) bond motifs is 1. The number of amides is 1. The van der Waals surface area contributed by atoms with Crippen molar-refractivity contribution in [3.8, 4) is 0 Å². The van der Waals surface area contributed by atoms with E-state index in [1.807, 2.05) is 56.3 Å². The third kappa shape index (κ3) is 4.16. The summed E-state index contributed by atoms with van der Waals surface area (Å²) >= 11 is 9.40. The van der Waals surface area contributed by atoms with Crippen LogP contribution < -0.4 is 10.2 Å².